The first-order valence-electron chi connectivity index (χ1n) is 5.78. The Hall–Kier alpha value is -1.48. The van der Waals surface area contributed by atoms with Gasteiger partial charge in [-0.3, -0.25) is 4.79 Å². The maximum absolute atomic E-state index is 12.1. The van der Waals surface area contributed by atoms with Crippen LogP contribution in [0.4, 0.5) is 0 Å². The van der Waals surface area contributed by atoms with Gasteiger partial charge in [0.05, 0.1) is 15.6 Å². The molecule has 1 aliphatic rings. The highest BCUT2D eigenvalue weighted by molar-refractivity contribution is 7.13. The number of rotatable bonds is 1. The minimum Gasteiger partial charge on any atom is -0.293 e. The first-order valence-corrected chi connectivity index (χ1v) is 6.60. The third kappa shape index (κ3) is 1.91. The molecule has 1 aromatic carbocycles. The molecule has 1 aliphatic carbocycles. The molecule has 0 N–H and O–H groups in total. The van der Waals surface area contributed by atoms with Crippen LogP contribution in [0.3, 0.4) is 0 Å². The number of hydrogen-bond donors (Lipinski definition) is 0. The SMILES string of the molecule is Cc1nc2c(s1)C(=O)CC(c1ccccc1)C2. The lowest BCUT2D eigenvalue weighted by molar-refractivity contribution is 0.0968. The number of thiazole rings is 1. The smallest absolute Gasteiger partial charge is 0.175 e. The zero-order valence-electron chi connectivity index (χ0n) is 9.64. The summed E-state index contributed by atoms with van der Waals surface area (Å²) < 4.78 is 0. The number of carbonyl (C=O) groups excluding carboxylic acids is 1. The number of fused-ring (bicyclic) bond motifs is 1. The number of nitrogens with zero attached hydrogens (tertiary/aromatic N) is 1. The summed E-state index contributed by atoms with van der Waals surface area (Å²) in [4.78, 5) is 17.4. The minimum atomic E-state index is 0.255. The van der Waals surface area contributed by atoms with Crippen molar-refractivity contribution in [3.63, 3.8) is 0 Å². The molecule has 3 heteroatoms. The van der Waals surface area contributed by atoms with Gasteiger partial charge < -0.3 is 0 Å². The average Bonchev–Trinajstić information content (AvgIpc) is 2.71. The zero-order valence-corrected chi connectivity index (χ0v) is 10.5. The van der Waals surface area contributed by atoms with Gasteiger partial charge in [-0.15, -0.1) is 11.3 Å². The van der Waals surface area contributed by atoms with Gasteiger partial charge in [-0.05, 0) is 24.8 Å². The van der Waals surface area contributed by atoms with E-state index in [2.05, 4.69) is 17.1 Å². The number of aryl methyl sites for hydroxylation is 1. The van der Waals surface area contributed by atoms with E-state index in [1.807, 2.05) is 25.1 Å². The predicted octanol–water partition coefficient (Wildman–Crippen LogP) is 3.36. The molecule has 1 atom stereocenters. The predicted molar refractivity (Wildman–Crippen MR) is 68.7 cm³/mol. The summed E-state index contributed by atoms with van der Waals surface area (Å²) in [5.41, 5.74) is 2.25. The van der Waals surface area contributed by atoms with Gasteiger partial charge in [0.25, 0.3) is 0 Å². The van der Waals surface area contributed by atoms with Gasteiger partial charge in [-0.25, -0.2) is 4.98 Å². The van der Waals surface area contributed by atoms with Crippen molar-refractivity contribution in [2.45, 2.75) is 25.7 Å². The van der Waals surface area contributed by atoms with Crippen molar-refractivity contribution in [2.75, 3.05) is 0 Å². The first-order chi connectivity index (χ1) is 8.24. The quantitative estimate of drug-likeness (QED) is 0.768. The van der Waals surface area contributed by atoms with E-state index in [0.717, 1.165) is 22.0 Å². The Morgan fingerprint density at radius 2 is 2.00 bits per heavy atom. The van der Waals surface area contributed by atoms with Crippen LogP contribution in [-0.4, -0.2) is 10.8 Å². The molecule has 3 rings (SSSR count). The summed E-state index contributed by atoms with van der Waals surface area (Å²) in [6.07, 6.45) is 1.52. The third-order valence-electron chi connectivity index (χ3n) is 3.20. The number of benzene rings is 1. The van der Waals surface area contributed by atoms with E-state index < -0.39 is 0 Å². The topological polar surface area (TPSA) is 30.0 Å². The monoisotopic (exact) mass is 243 g/mol. The molecule has 0 spiro atoms. The van der Waals surface area contributed by atoms with E-state index >= 15 is 0 Å². The van der Waals surface area contributed by atoms with E-state index in [1.54, 1.807) is 0 Å². The van der Waals surface area contributed by atoms with E-state index in [1.165, 1.54) is 16.9 Å². The van der Waals surface area contributed by atoms with Crippen molar-refractivity contribution in [1.29, 1.82) is 0 Å². The molecule has 86 valence electrons. The first kappa shape index (κ1) is 10.7. The molecule has 0 radical (unpaired) electrons. The molecule has 2 aromatic rings. The van der Waals surface area contributed by atoms with Crippen LogP contribution in [0.5, 0.6) is 0 Å². The summed E-state index contributed by atoms with van der Waals surface area (Å²) in [6, 6.07) is 10.3. The fourth-order valence-corrected chi connectivity index (χ4v) is 3.30. The standard InChI is InChI=1S/C14H13NOS/c1-9-15-12-7-11(8-13(16)14(12)17-9)10-5-3-2-4-6-10/h2-6,11H,7-8H2,1H3. The molecular formula is C14H13NOS. The van der Waals surface area contributed by atoms with Crippen LogP contribution in [0.25, 0.3) is 0 Å². The summed E-state index contributed by atoms with van der Waals surface area (Å²) in [6.45, 7) is 1.97. The highest BCUT2D eigenvalue weighted by Crippen LogP contribution is 2.34. The van der Waals surface area contributed by atoms with Gasteiger partial charge in [0.15, 0.2) is 5.78 Å². The molecule has 0 amide bonds. The maximum Gasteiger partial charge on any atom is 0.175 e. The number of aromatic nitrogens is 1. The second-order valence-corrected chi connectivity index (χ2v) is 5.65. The Balaban J connectivity index is 1.96. The van der Waals surface area contributed by atoms with Crippen LogP contribution < -0.4 is 0 Å². The van der Waals surface area contributed by atoms with Gasteiger partial charge in [-0.1, -0.05) is 30.3 Å². The molecule has 0 fully saturated rings. The maximum atomic E-state index is 12.1. The van der Waals surface area contributed by atoms with Crippen molar-refractivity contribution in [3.8, 4) is 0 Å². The third-order valence-corrected chi connectivity index (χ3v) is 4.25. The van der Waals surface area contributed by atoms with Crippen LogP contribution in [0.15, 0.2) is 30.3 Å². The molecule has 1 unspecified atom stereocenters. The van der Waals surface area contributed by atoms with Gasteiger partial charge in [-0.2, -0.15) is 0 Å². The van der Waals surface area contributed by atoms with Crippen LogP contribution in [0.2, 0.25) is 0 Å². The fourth-order valence-electron chi connectivity index (χ4n) is 2.41. The summed E-state index contributed by atoms with van der Waals surface area (Å²) in [5, 5.41) is 0.997. The molecule has 1 aromatic heterocycles. The number of carbonyl (C=O) groups is 1. The Morgan fingerprint density at radius 1 is 1.24 bits per heavy atom. The zero-order chi connectivity index (χ0) is 11.8. The van der Waals surface area contributed by atoms with Gasteiger partial charge in [0.2, 0.25) is 0 Å². The normalized spacial score (nSPS) is 19.1. The van der Waals surface area contributed by atoms with Crippen molar-refractivity contribution >= 4 is 17.1 Å². The van der Waals surface area contributed by atoms with E-state index in [4.69, 9.17) is 0 Å². The lowest BCUT2D eigenvalue weighted by Gasteiger charge is -2.20. The van der Waals surface area contributed by atoms with Gasteiger partial charge in [0, 0.05) is 6.42 Å². The van der Waals surface area contributed by atoms with Crippen molar-refractivity contribution < 1.29 is 4.79 Å². The second kappa shape index (κ2) is 4.08. The average molecular weight is 243 g/mol. The molecule has 0 saturated heterocycles. The van der Waals surface area contributed by atoms with Gasteiger partial charge in [0.1, 0.15) is 0 Å². The second-order valence-electron chi connectivity index (χ2n) is 4.45. The van der Waals surface area contributed by atoms with E-state index in [-0.39, 0.29) is 5.78 Å². The van der Waals surface area contributed by atoms with Gasteiger partial charge >= 0.3 is 0 Å². The van der Waals surface area contributed by atoms with Crippen LogP contribution in [0.1, 0.15) is 38.3 Å². The van der Waals surface area contributed by atoms with Crippen LogP contribution in [0, 0.1) is 6.92 Å². The molecule has 0 aliphatic heterocycles. The van der Waals surface area contributed by atoms with Crippen molar-refractivity contribution in [3.05, 3.63) is 51.5 Å². The number of hydrogen-bond acceptors (Lipinski definition) is 3. The van der Waals surface area contributed by atoms with Crippen molar-refractivity contribution in [2.24, 2.45) is 0 Å². The molecule has 0 bridgehead atoms. The summed E-state index contributed by atoms with van der Waals surface area (Å²) in [5.74, 6) is 0.559. The molecule has 2 nitrogen and oxygen atoms in total. The molecule has 0 saturated carbocycles. The van der Waals surface area contributed by atoms with Crippen molar-refractivity contribution in [1.82, 2.24) is 4.98 Å². The lowest BCUT2D eigenvalue weighted by Crippen LogP contribution is -2.17. The van der Waals surface area contributed by atoms with E-state index in [0.29, 0.717) is 12.3 Å². The number of Topliss-reactive ketones (excluding diaryl/α,β-unsaturated/α-hetero) is 1. The van der Waals surface area contributed by atoms with E-state index in [9.17, 15) is 4.79 Å². The Labute approximate surface area is 104 Å². The van der Waals surface area contributed by atoms with Crippen LogP contribution >= 0.6 is 11.3 Å². The highest BCUT2D eigenvalue weighted by Gasteiger charge is 2.28. The fraction of sp³-hybridized carbons (Fsp3) is 0.286. The minimum absolute atomic E-state index is 0.255. The Bertz CT molecular complexity index is 559. The van der Waals surface area contributed by atoms with Crippen LogP contribution in [-0.2, 0) is 6.42 Å². The summed E-state index contributed by atoms with van der Waals surface area (Å²) in [7, 11) is 0. The molecule has 1 heterocycles. The Kier molecular flexibility index (Phi) is 2.56. The summed E-state index contributed by atoms with van der Waals surface area (Å²) >= 11 is 1.53. The highest BCUT2D eigenvalue weighted by atomic mass is 32.1. The number of ketones is 1. The Morgan fingerprint density at radius 3 is 2.76 bits per heavy atom. The molecular weight excluding hydrogens is 230 g/mol. The molecule has 17 heavy (non-hydrogen) atoms. The largest absolute Gasteiger partial charge is 0.293 e. The lowest BCUT2D eigenvalue weighted by atomic mass is 9.85.